The van der Waals surface area contributed by atoms with E-state index >= 15 is 0 Å². The van der Waals surface area contributed by atoms with Gasteiger partial charge >= 0.3 is 6.09 Å². The molecule has 1 aliphatic heterocycles. The van der Waals surface area contributed by atoms with Crippen molar-refractivity contribution in [1.29, 1.82) is 0 Å². The molecular weight excluding hydrogens is 286 g/mol. The number of carbonyl (C=O) groups excluding carboxylic acids is 1. The van der Waals surface area contributed by atoms with Gasteiger partial charge in [0.05, 0.1) is 6.54 Å². The van der Waals surface area contributed by atoms with Crippen molar-refractivity contribution in [2.45, 2.75) is 19.4 Å². The van der Waals surface area contributed by atoms with Crippen molar-refractivity contribution in [2.75, 3.05) is 11.4 Å². The van der Waals surface area contributed by atoms with E-state index in [1.807, 2.05) is 6.92 Å². The first-order chi connectivity index (χ1) is 7.20. The molecule has 0 saturated carbocycles. The van der Waals surface area contributed by atoms with E-state index < -0.39 is 11.9 Å². The van der Waals surface area contributed by atoms with E-state index in [2.05, 4.69) is 6.07 Å². The number of ether oxygens (including phenoxy) is 1. The zero-order chi connectivity index (χ0) is 10.8. The van der Waals surface area contributed by atoms with Crippen molar-refractivity contribution < 1.29 is 46.6 Å². The summed E-state index contributed by atoms with van der Waals surface area (Å²) in [6, 6.07) is 6.76. The molecule has 83 valence electrons. The maximum atomic E-state index is 12.9. The molecule has 1 atom stereocenters. The Hall–Kier alpha value is -0.476. The van der Waals surface area contributed by atoms with Gasteiger partial charge in [-0.1, -0.05) is 12.6 Å². The third-order valence-corrected chi connectivity index (χ3v) is 2.39. The van der Waals surface area contributed by atoms with Crippen molar-refractivity contribution in [3.63, 3.8) is 0 Å². The van der Waals surface area contributed by atoms with Crippen LogP contribution < -0.4 is 4.90 Å². The predicted octanol–water partition coefficient (Wildman–Crippen LogP) is 2.36. The summed E-state index contributed by atoms with van der Waals surface area (Å²) in [6.45, 7) is 2.43. The summed E-state index contributed by atoms with van der Waals surface area (Å²) in [5, 5.41) is 0. The van der Waals surface area contributed by atoms with E-state index in [-0.39, 0.29) is 38.8 Å². The number of cyclic esters (lactones) is 1. The number of rotatable bonds is 2. The van der Waals surface area contributed by atoms with Crippen LogP contribution in [0.1, 0.15) is 13.3 Å². The Morgan fingerprint density at radius 2 is 2.44 bits per heavy atom. The van der Waals surface area contributed by atoms with Crippen molar-refractivity contribution in [1.82, 2.24) is 0 Å². The minimum absolute atomic E-state index is 0. The molecule has 1 amide bonds. The molecule has 0 aliphatic carbocycles. The molecule has 16 heavy (non-hydrogen) atoms. The first-order valence-corrected chi connectivity index (χ1v) is 4.86. The molecule has 0 bridgehead atoms. The van der Waals surface area contributed by atoms with Crippen molar-refractivity contribution in [3.05, 3.63) is 30.1 Å². The third-order valence-electron chi connectivity index (χ3n) is 2.39. The van der Waals surface area contributed by atoms with Crippen LogP contribution in [-0.4, -0.2) is 18.7 Å². The summed E-state index contributed by atoms with van der Waals surface area (Å²) in [5.74, 6) is -0.472. The number of amides is 1. The van der Waals surface area contributed by atoms with E-state index in [4.69, 9.17) is 4.74 Å². The SMILES string of the molecule is CC[C@H]1CN(c2cc[c-]c(F)c2)C(=O)O1.[Y]. The Balaban J connectivity index is 0.00000128. The summed E-state index contributed by atoms with van der Waals surface area (Å²) in [5.41, 5.74) is 0.521. The summed E-state index contributed by atoms with van der Waals surface area (Å²) in [7, 11) is 0. The first kappa shape index (κ1) is 13.6. The van der Waals surface area contributed by atoms with E-state index in [1.165, 1.54) is 17.0 Å². The zero-order valence-electron chi connectivity index (χ0n) is 8.94. The summed E-state index contributed by atoms with van der Waals surface area (Å²) < 4.78 is 18.0. The van der Waals surface area contributed by atoms with Gasteiger partial charge in [0.1, 0.15) is 6.10 Å². The predicted molar refractivity (Wildman–Crippen MR) is 53.1 cm³/mol. The first-order valence-electron chi connectivity index (χ1n) is 4.86. The van der Waals surface area contributed by atoms with Crippen LogP contribution in [0.3, 0.4) is 0 Å². The molecule has 0 N–H and O–H groups in total. The molecule has 1 aromatic carbocycles. The number of halogens is 1. The molecule has 1 heterocycles. The molecule has 0 spiro atoms. The smallest absolute Gasteiger partial charge is 0.412 e. The molecule has 1 aliphatic rings. The Morgan fingerprint density at radius 1 is 1.69 bits per heavy atom. The molecule has 1 fully saturated rings. The third kappa shape index (κ3) is 2.80. The number of nitrogens with zero attached hydrogens (tertiary/aromatic N) is 1. The second kappa shape index (κ2) is 5.73. The number of hydrogen-bond acceptors (Lipinski definition) is 2. The van der Waals surface area contributed by atoms with Crippen LogP contribution in [0, 0.1) is 11.9 Å². The average molecular weight is 297 g/mol. The zero-order valence-corrected chi connectivity index (χ0v) is 11.8. The van der Waals surface area contributed by atoms with E-state index in [9.17, 15) is 9.18 Å². The molecule has 5 heteroatoms. The van der Waals surface area contributed by atoms with Crippen LogP contribution in [0.2, 0.25) is 0 Å². The summed E-state index contributed by atoms with van der Waals surface area (Å²) in [6.07, 6.45) is 0.265. The Kier molecular flexibility index (Phi) is 4.87. The van der Waals surface area contributed by atoms with Crippen LogP contribution in [-0.2, 0) is 37.4 Å². The van der Waals surface area contributed by atoms with Gasteiger partial charge in [-0.3, -0.25) is 4.90 Å². The fraction of sp³-hybridized carbons (Fsp3) is 0.364. The molecule has 1 radical (unpaired) electrons. The number of anilines is 1. The van der Waals surface area contributed by atoms with Gasteiger partial charge in [0.15, 0.2) is 0 Å². The van der Waals surface area contributed by atoms with Crippen LogP contribution in [0.25, 0.3) is 0 Å². The van der Waals surface area contributed by atoms with E-state index in [1.54, 1.807) is 6.07 Å². The Morgan fingerprint density at radius 3 is 3.00 bits per heavy atom. The van der Waals surface area contributed by atoms with Gasteiger partial charge in [-0.25, -0.2) is 9.18 Å². The second-order valence-electron chi connectivity index (χ2n) is 3.42. The number of carbonyl (C=O) groups is 1. The van der Waals surface area contributed by atoms with Crippen LogP contribution >= 0.6 is 0 Å². The van der Waals surface area contributed by atoms with Gasteiger partial charge in [-0.15, -0.1) is 18.2 Å². The van der Waals surface area contributed by atoms with Gasteiger partial charge in [-0.05, 0) is 6.42 Å². The molecule has 0 unspecified atom stereocenters. The van der Waals surface area contributed by atoms with Crippen molar-refractivity contribution >= 4 is 11.8 Å². The molecular formula is C11H11FNO2Y-. The molecule has 0 aromatic heterocycles. The summed E-state index contributed by atoms with van der Waals surface area (Å²) in [4.78, 5) is 12.9. The van der Waals surface area contributed by atoms with E-state index in [0.29, 0.717) is 12.2 Å². The fourth-order valence-electron chi connectivity index (χ4n) is 1.54. The van der Waals surface area contributed by atoms with Gasteiger partial charge < -0.3 is 4.74 Å². The molecule has 1 saturated heterocycles. The minimum Gasteiger partial charge on any atom is -0.444 e. The van der Waals surface area contributed by atoms with Crippen molar-refractivity contribution in [2.24, 2.45) is 0 Å². The Bertz CT molecular complexity index is 386. The number of hydrogen-bond donors (Lipinski definition) is 0. The van der Waals surface area contributed by atoms with Gasteiger partial charge in [0.2, 0.25) is 0 Å². The molecule has 3 nitrogen and oxygen atoms in total. The quantitative estimate of drug-likeness (QED) is 0.784. The van der Waals surface area contributed by atoms with Crippen LogP contribution in [0.5, 0.6) is 0 Å². The van der Waals surface area contributed by atoms with Crippen LogP contribution in [0.4, 0.5) is 14.9 Å². The topological polar surface area (TPSA) is 29.5 Å². The number of benzene rings is 1. The van der Waals surface area contributed by atoms with Gasteiger partial charge in [0, 0.05) is 38.5 Å². The maximum absolute atomic E-state index is 12.9. The Labute approximate surface area is 119 Å². The van der Waals surface area contributed by atoms with Gasteiger partial charge in [0.25, 0.3) is 0 Å². The molecule has 2 rings (SSSR count). The monoisotopic (exact) mass is 297 g/mol. The van der Waals surface area contributed by atoms with Gasteiger partial charge in [-0.2, -0.15) is 6.07 Å². The standard InChI is InChI=1S/C11H11FNO2.Y/c1-2-10-7-13(11(14)15-10)9-5-3-4-8(12)6-9;/h3,5-6,10H,2,7H2,1H3;/q-1;/t10-;/m0./s1. The fourth-order valence-corrected chi connectivity index (χ4v) is 1.54. The largest absolute Gasteiger partial charge is 0.444 e. The van der Waals surface area contributed by atoms with Crippen LogP contribution in [0.15, 0.2) is 18.2 Å². The average Bonchev–Trinajstić information content (AvgIpc) is 2.60. The molecule has 1 aromatic rings. The van der Waals surface area contributed by atoms with Crippen molar-refractivity contribution in [3.8, 4) is 0 Å². The normalized spacial score (nSPS) is 19.2. The summed E-state index contributed by atoms with van der Waals surface area (Å²) >= 11 is 0. The van der Waals surface area contributed by atoms with E-state index in [0.717, 1.165) is 6.42 Å². The second-order valence-corrected chi connectivity index (χ2v) is 3.42. The maximum Gasteiger partial charge on any atom is 0.412 e. The minimum atomic E-state index is -0.472.